The van der Waals surface area contributed by atoms with Gasteiger partial charge in [0.2, 0.25) is 17.7 Å². The minimum Gasteiger partial charge on any atom is -0.481 e. The molecular formula is C37H37Cl2N7O3. The Hall–Kier alpha value is -4.48. The molecule has 5 aromatic rings. The molecule has 10 nitrogen and oxygen atoms in total. The van der Waals surface area contributed by atoms with Gasteiger partial charge in [0, 0.05) is 85.1 Å². The predicted molar refractivity (Wildman–Crippen MR) is 192 cm³/mol. The Morgan fingerprint density at radius 2 is 1.45 bits per heavy atom. The number of benzene rings is 2. The first-order valence-corrected chi connectivity index (χ1v) is 17.2. The van der Waals surface area contributed by atoms with E-state index in [-0.39, 0.29) is 23.9 Å². The van der Waals surface area contributed by atoms with Crippen LogP contribution in [0.5, 0.6) is 5.88 Å². The maximum Gasteiger partial charge on any atom is 0.220 e. The zero-order chi connectivity index (χ0) is 33.9. The maximum absolute atomic E-state index is 11.5. The van der Waals surface area contributed by atoms with Crippen LogP contribution >= 0.6 is 23.2 Å². The molecule has 12 heteroatoms. The van der Waals surface area contributed by atoms with Crippen LogP contribution in [-0.2, 0) is 22.7 Å². The van der Waals surface area contributed by atoms with Crippen molar-refractivity contribution >= 4 is 40.7 Å². The molecule has 4 N–H and O–H groups in total. The molecule has 0 saturated carbocycles. The van der Waals surface area contributed by atoms with Gasteiger partial charge in [-0.2, -0.15) is 0 Å². The van der Waals surface area contributed by atoms with Gasteiger partial charge in [0.05, 0.1) is 34.7 Å². The Kier molecular flexibility index (Phi) is 9.81. The summed E-state index contributed by atoms with van der Waals surface area (Å²) in [5.74, 6) is 0.726. The molecule has 49 heavy (non-hydrogen) atoms. The van der Waals surface area contributed by atoms with Gasteiger partial charge in [0.15, 0.2) is 0 Å². The average molecular weight is 699 g/mol. The van der Waals surface area contributed by atoms with Gasteiger partial charge in [-0.25, -0.2) is 9.97 Å². The molecule has 252 valence electrons. The first-order valence-electron chi connectivity index (χ1n) is 16.5. The van der Waals surface area contributed by atoms with Gasteiger partial charge >= 0.3 is 0 Å². The number of pyridine rings is 2. The van der Waals surface area contributed by atoms with Gasteiger partial charge in [-0.1, -0.05) is 65.7 Å². The van der Waals surface area contributed by atoms with Gasteiger partial charge in [-0.3, -0.25) is 9.59 Å². The number of amides is 2. The molecule has 2 atom stereocenters. The Morgan fingerprint density at radius 3 is 2.10 bits per heavy atom. The van der Waals surface area contributed by atoms with Crippen LogP contribution in [0.3, 0.4) is 0 Å². The lowest BCUT2D eigenvalue weighted by Crippen LogP contribution is -2.35. The summed E-state index contributed by atoms with van der Waals surface area (Å²) in [4.78, 5) is 32.4. The highest BCUT2D eigenvalue weighted by Gasteiger charge is 2.22. The lowest BCUT2D eigenvalue weighted by atomic mass is 9.97. The van der Waals surface area contributed by atoms with E-state index in [4.69, 9.17) is 32.9 Å². The standard InChI is InChI=1S/C37H37Cl2N7O3/c1-49-37-22(16-40-17-24-10-14-33(47)43-24)8-12-31(45-37)30-7-3-6-29(36(30)39)28-5-2-4-27(35(28)38)23-9-13-32-42-20-26(46(32)21-23)19-41-18-25-11-15-34(48)44-25/h2-9,12-13,20-21,24-25,40-41H,10-11,14-19H2,1H3,(H,43,47)(H,44,48). The van der Waals surface area contributed by atoms with Crippen molar-refractivity contribution in [2.24, 2.45) is 0 Å². The summed E-state index contributed by atoms with van der Waals surface area (Å²) >= 11 is 14.3. The highest BCUT2D eigenvalue weighted by atomic mass is 35.5. The second-order valence-electron chi connectivity index (χ2n) is 12.5. The molecule has 0 spiro atoms. The van der Waals surface area contributed by atoms with Crippen LogP contribution in [0.25, 0.3) is 39.2 Å². The number of fused-ring (bicyclic) bond motifs is 1. The number of imidazole rings is 1. The SMILES string of the molecule is COc1nc(-c2cccc(-c3cccc(-c4ccc5ncc(CNCC6CCC(=O)N6)n5c4)c3Cl)c2Cl)ccc1CNCC1CCC(=O)N1. The third-order valence-corrected chi connectivity index (χ3v) is 9.98. The van der Waals surface area contributed by atoms with E-state index in [0.29, 0.717) is 60.6 Å². The van der Waals surface area contributed by atoms with Gasteiger partial charge in [-0.05, 0) is 36.6 Å². The van der Waals surface area contributed by atoms with E-state index in [1.807, 2.05) is 66.9 Å². The summed E-state index contributed by atoms with van der Waals surface area (Å²) < 4.78 is 7.72. The number of aromatic nitrogens is 3. The van der Waals surface area contributed by atoms with Crippen molar-refractivity contribution in [3.8, 4) is 39.4 Å². The molecule has 0 aliphatic carbocycles. The number of carbonyl (C=O) groups excluding carboxylic acids is 2. The predicted octanol–water partition coefficient (Wildman–Crippen LogP) is 5.78. The van der Waals surface area contributed by atoms with Crippen LogP contribution in [0, 0.1) is 0 Å². The second kappa shape index (κ2) is 14.6. The number of rotatable bonds is 12. The molecule has 5 heterocycles. The van der Waals surface area contributed by atoms with E-state index in [2.05, 4.69) is 36.8 Å². The average Bonchev–Trinajstić information content (AvgIpc) is 3.84. The Labute approximate surface area is 294 Å². The van der Waals surface area contributed by atoms with Crippen LogP contribution in [0.2, 0.25) is 10.0 Å². The summed E-state index contributed by atoms with van der Waals surface area (Å²) in [5.41, 5.74) is 7.63. The highest BCUT2D eigenvalue weighted by molar-refractivity contribution is 6.39. The third-order valence-electron chi connectivity index (χ3n) is 9.16. The van der Waals surface area contributed by atoms with Crippen LogP contribution in [0.4, 0.5) is 0 Å². The number of hydrogen-bond acceptors (Lipinski definition) is 7. The molecule has 2 fully saturated rings. The summed E-state index contributed by atoms with van der Waals surface area (Å²) in [6.45, 7) is 2.56. The van der Waals surface area contributed by atoms with Gasteiger partial charge < -0.3 is 30.4 Å². The van der Waals surface area contributed by atoms with Crippen molar-refractivity contribution < 1.29 is 14.3 Å². The van der Waals surface area contributed by atoms with Crippen molar-refractivity contribution in [1.29, 1.82) is 0 Å². The first-order chi connectivity index (χ1) is 23.9. The summed E-state index contributed by atoms with van der Waals surface area (Å²) in [6.07, 6.45) is 6.77. The monoisotopic (exact) mass is 697 g/mol. The van der Waals surface area contributed by atoms with Crippen molar-refractivity contribution in [3.63, 3.8) is 0 Å². The van der Waals surface area contributed by atoms with Crippen LogP contribution in [0.15, 0.2) is 73.1 Å². The van der Waals surface area contributed by atoms with E-state index >= 15 is 0 Å². The maximum atomic E-state index is 11.5. The highest BCUT2D eigenvalue weighted by Crippen LogP contribution is 2.42. The van der Waals surface area contributed by atoms with Crippen LogP contribution in [-0.4, -0.2) is 58.5 Å². The van der Waals surface area contributed by atoms with E-state index in [0.717, 1.165) is 57.6 Å². The van der Waals surface area contributed by atoms with Crippen molar-refractivity contribution in [2.75, 3.05) is 20.2 Å². The smallest absolute Gasteiger partial charge is 0.220 e. The fourth-order valence-corrected chi connectivity index (χ4v) is 7.23. The molecule has 0 bridgehead atoms. The van der Waals surface area contributed by atoms with Gasteiger partial charge in [0.1, 0.15) is 5.65 Å². The molecular weight excluding hydrogens is 661 g/mol. The molecule has 2 aliphatic heterocycles. The first kappa shape index (κ1) is 33.0. The fraction of sp³-hybridized carbons (Fsp3) is 0.297. The molecule has 7 rings (SSSR count). The molecule has 0 radical (unpaired) electrons. The Bertz CT molecular complexity index is 2030. The zero-order valence-electron chi connectivity index (χ0n) is 27.1. The fourth-order valence-electron chi connectivity index (χ4n) is 6.57. The van der Waals surface area contributed by atoms with E-state index in [1.165, 1.54) is 0 Å². The minimum atomic E-state index is 0.102. The number of hydrogen-bond donors (Lipinski definition) is 4. The lowest BCUT2D eigenvalue weighted by molar-refractivity contribution is -0.120. The third kappa shape index (κ3) is 7.14. The topological polar surface area (TPSA) is 122 Å². The summed E-state index contributed by atoms with van der Waals surface area (Å²) in [5, 5.41) is 14.0. The summed E-state index contributed by atoms with van der Waals surface area (Å²) in [7, 11) is 1.61. The second-order valence-corrected chi connectivity index (χ2v) is 13.2. The molecule has 2 unspecified atom stereocenters. The normalized spacial score (nSPS) is 17.4. The lowest BCUT2D eigenvalue weighted by Gasteiger charge is -2.16. The van der Waals surface area contributed by atoms with Crippen LogP contribution in [0.1, 0.15) is 36.9 Å². The van der Waals surface area contributed by atoms with Crippen molar-refractivity contribution in [1.82, 2.24) is 35.6 Å². The number of methoxy groups -OCH3 is 1. The van der Waals surface area contributed by atoms with Crippen LogP contribution < -0.4 is 26.0 Å². The number of carbonyl (C=O) groups is 2. The Morgan fingerprint density at radius 1 is 0.816 bits per heavy atom. The Balaban J connectivity index is 1.11. The van der Waals surface area contributed by atoms with Crippen molar-refractivity contribution in [2.45, 2.75) is 50.9 Å². The molecule has 2 aromatic carbocycles. The molecule has 2 aliphatic rings. The largest absolute Gasteiger partial charge is 0.481 e. The summed E-state index contributed by atoms with van der Waals surface area (Å²) in [6, 6.07) is 20.0. The van der Waals surface area contributed by atoms with Crippen molar-refractivity contribution in [3.05, 3.63) is 94.4 Å². The quantitative estimate of drug-likeness (QED) is 0.130. The molecule has 2 saturated heterocycles. The zero-order valence-corrected chi connectivity index (χ0v) is 28.6. The van der Waals surface area contributed by atoms with Gasteiger partial charge in [0.25, 0.3) is 0 Å². The number of halogens is 2. The number of nitrogens with one attached hydrogen (secondary N) is 4. The number of nitrogens with zero attached hydrogens (tertiary/aromatic N) is 3. The van der Waals surface area contributed by atoms with E-state index in [9.17, 15) is 9.59 Å². The van der Waals surface area contributed by atoms with E-state index in [1.54, 1.807) is 7.11 Å². The van der Waals surface area contributed by atoms with Gasteiger partial charge in [-0.15, -0.1) is 0 Å². The minimum absolute atomic E-state index is 0.102. The molecule has 2 amide bonds. The molecule has 3 aromatic heterocycles. The van der Waals surface area contributed by atoms with E-state index < -0.39 is 0 Å². The number of ether oxygens (including phenoxy) is 1.